The SMILES string of the molecule is O=S(=O)(Nc1ccccc1-c1ccc2c(c1)OC[C@H](Cc1ccc(-c3ccccc3)cc1)[C@H]2O)C(F)(F)F. The van der Waals surface area contributed by atoms with Gasteiger partial charge in [-0.3, -0.25) is 4.72 Å². The van der Waals surface area contributed by atoms with Crippen LogP contribution in [0.2, 0.25) is 0 Å². The zero-order valence-electron chi connectivity index (χ0n) is 20.0. The molecule has 0 aromatic heterocycles. The first-order valence-electron chi connectivity index (χ1n) is 11.9. The Balaban J connectivity index is 1.34. The van der Waals surface area contributed by atoms with Crippen molar-refractivity contribution in [1.82, 2.24) is 0 Å². The van der Waals surface area contributed by atoms with Gasteiger partial charge in [-0.15, -0.1) is 0 Å². The van der Waals surface area contributed by atoms with E-state index in [1.54, 1.807) is 29.0 Å². The monoisotopic (exact) mass is 539 g/mol. The second kappa shape index (κ2) is 10.2. The van der Waals surface area contributed by atoms with Crippen molar-refractivity contribution in [1.29, 1.82) is 0 Å². The van der Waals surface area contributed by atoms with Crippen molar-refractivity contribution >= 4 is 15.7 Å². The van der Waals surface area contributed by atoms with Gasteiger partial charge in [-0.2, -0.15) is 21.6 Å². The molecule has 1 aliphatic rings. The lowest BCUT2D eigenvalue weighted by Crippen LogP contribution is -2.30. The number of alkyl halides is 3. The molecule has 0 radical (unpaired) electrons. The van der Waals surface area contributed by atoms with E-state index in [1.165, 1.54) is 18.2 Å². The molecule has 1 heterocycles. The smallest absolute Gasteiger partial charge is 0.493 e. The third-order valence-corrected chi connectivity index (χ3v) is 7.68. The van der Waals surface area contributed by atoms with E-state index in [2.05, 4.69) is 0 Å². The van der Waals surface area contributed by atoms with E-state index < -0.39 is 21.6 Å². The van der Waals surface area contributed by atoms with Crippen LogP contribution in [0, 0.1) is 5.92 Å². The molecule has 0 fully saturated rings. The Hall–Kier alpha value is -3.82. The lowest BCUT2D eigenvalue weighted by Gasteiger charge is -2.31. The Morgan fingerprint density at radius 1 is 0.842 bits per heavy atom. The maximum atomic E-state index is 12.9. The molecular formula is C29H24F3NO4S. The van der Waals surface area contributed by atoms with Crippen molar-refractivity contribution in [2.75, 3.05) is 11.3 Å². The lowest BCUT2D eigenvalue weighted by atomic mass is 9.87. The molecule has 0 bridgehead atoms. The minimum atomic E-state index is -5.58. The van der Waals surface area contributed by atoms with Crippen molar-refractivity contribution in [2.45, 2.75) is 18.0 Å². The summed E-state index contributed by atoms with van der Waals surface area (Å²) in [5, 5.41) is 11.1. The van der Waals surface area contributed by atoms with Crippen LogP contribution in [0.5, 0.6) is 5.75 Å². The number of fused-ring (bicyclic) bond motifs is 1. The molecule has 2 atom stereocenters. The first-order valence-corrected chi connectivity index (χ1v) is 13.4. The second-order valence-corrected chi connectivity index (χ2v) is 10.8. The van der Waals surface area contributed by atoms with Crippen molar-refractivity contribution in [2.24, 2.45) is 5.92 Å². The second-order valence-electron chi connectivity index (χ2n) is 9.13. The van der Waals surface area contributed by atoms with Crippen LogP contribution in [0.4, 0.5) is 18.9 Å². The fourth-order valence-electron chi connectivity index (χ4n) is 4.58. The minimum Gasteiger partial charge on any atom is -0.493 e. The number of sulfonamides is 1. The summed E-state index contributed by atoms with van der Waals surface area (Å²) in [5.74, 6) is 0.209. The maximum Gasteiger partial charge on any atom is 0.516 e. The third kappa shape index (κ3) is 5.25. The predicted molar refractivity (Wildman–Crippen MR) is 140 cm³/mol. The average molecular weight is 540 g/mol. The van der Waals surface area contributed by atoms with Crippen LogP contribution in [-0.4, -0.2) is 25.6 Å². The van der Waals surface area contributed by atoms with Crippen LogP contribution >= 0.6 is 0 Å². The van der Waals surface area contributed by atoms with Crippen molar-refractivity contribution in [3.05, 3.63) is 108 Å². The fraction of sp³-hybridized carbons (Fsp3) is 0.172. The minimum absolute atomic E-state index is 0.193. The van der Waals surface area contributed by atoms with E-state index in [1.807, 2.05) is 54.6 Å². The number of aliphatic hydroxyl groups is 1. The van der Waals surface area contributed by atoms with Gasteiger partial charge in [-0.05, 0) is 40.8 Å². The van der Waals surface area contributed by atoms with Gasteiger partial charge in [0.25, 0.3) is 0 Å². The van der Waals surface area contributed by atoms with Gasteiger partial charge in [0.2, 0.25) is 0 Å². The van der Waals surface area contributed by atoms with E-state index >= 15 is 0 Å². The maximum absolute atomic E-state index is 12.9. The average Bonchev–Trinajstić information content (AvgIpc) is 2.90. The third-order valence-electron chi connectivity index (χ3n) is 6.58. The van der Waals surface area contributed by atoms with Gasteiger partial charge in [-0.1, -0.05) is 84.9 Å². The van der Waals surface area contributed by atoms with E-state index in [-0.39, 0.29) is 23.8 Å². The Morgan fingerprint density at radius 3 is 2.18 bits per heavy atom. The number of rotatable bonds is 6. The summed E-state index contributed by atoms with van der Waals surface area (Å²) in [6.45, 7) is 0.250. The van der Waals surface area contributed by atoms with Gasteiger partial charge in [0, 0.05) is 17.0 Å². The standard InChI is InChI=1S/C29H24F3NO4S/c30-29(31,32)38(35,36)33-26-9-5-4-8-24(26)22-14-15-25-27(17-22)37-18-23(28(25)34)16-19-10-12-21(13-11-19)20-6-2-1-3-7-20/h1-15,17,23,28,33-34H,16,18H2/t23-,28+/m0/s1. The molecular weight excluding hydrogens is 515 g/mol. The number of ether oxygens (including phenoxy) is 1. The molecule has 2 N–H and O–H groups in total. The molecule has 0 aliphatic carbocycles. The molecule has 0 amide bonds. The first kappa shape index (κ1) is 25.8. The van der Waals surface area contributed by atoms with E-state index in [4.69, 9.17) is 4.74 Å². The zero-order chi connectivity index (χ0) is 26.9. The van der Waals surface area contributed by atoms with E-state index in [9.17, 15) is 26.7 Å². The Kier molecular flexibility index (Phi) is 6.90. The zero-order valence-corrected chi connectivity index (χ0v) is 20.8. The van der Waals surface area contributed by atoms with E-state index in [0.717, 1.165) is 16.7 Å². The molecule has 196 valence electrons. The number of hydrogen-bond acceptors (Lipinski definition) is 4. The summed E-state index contributed by atoms with van der Waals surface area (Å²) >= 11 is 0. The van der Waals surface area contributed by atoms with Crippen molar-refractivity contribution in [3.8, 4) is 28.0 Å². The molecule has 0 spiro atoms. The first-order chi connectivity index (χ1) is 18.1. The Bertz CT molecular complexity index is 1540. The van der Waals surface area contributed by atoms with Crippen LogP contribution in [-0.2, 0) is 16.4 Å². The van der Waals surface area contributed by atoms with Crippen LogP contribution in [0.1, 0.15) is 17.2 Å². The highest BCUT2D eigenvalue weighted by atomic mass is 32.2. The van der Waals surface area contributed by atoms with Crippen LogP contribution in [0.15, 0.2) is 97.1 Å². The number of hydrogen-bond donors (Lipinski definition) is 2. The summed E-state index contributed by atoms with van der Waals surface area (Å²) in [6, 6.07) is 28.9. The number of para-hydroxylation sites is 1. The van der Waals surface area contributed by atoms with Gasteiger partial charge in [0.1, 0.15) is 5.75 Å². The molecule has 1 aliphatic heterocycles. The highest BCUT2D eigenvalue weighted by molar-refractivity contribution is 7.93. The molecule has 9 heteroatoms. The summed E-state index contributed by atoms with van der Waals surface area (Å²) in [4.78, 5) is 0. The summed E-state index contributed by atoms with van der Waals surface area (Å²) in [6.07, 6.45) is -0.208. The quantitative estimate of drug-likeness (QED) is 0.291. The summed E-state index contributed by atoms with van der Waals surface area (Å²) in [7, 11) is -5.58. The fourth-order valence-corrected chi connectivity index (χ4v) is 5.16. The lowest BCUT2D eigenvalue weighted by molar-refractivity contribution is -0.0429. The molecule has 5 rings (SSSR count). The van der Waals surface area contributed by atoms with Gasteiger partial charge in [0.15, 0.2) is 0 Å². The highest BCUT2D eigenvalue weighted by Crippen LogP contribution is 2.41. The summed E-state index contributed by atoms with van der Waals surface area (Å²) in [5.41, 5.74) is -1.10. The number of nitrogens with one attached hydrogen (secondary N) is 1. The summed E-state index contributed by atoms with van der Waals surface area (Å²) < 4.78 is 69.6. The number of anilines is 1. The molecule has 4 aromatic rings. The Labute approximate surface area is 218 Å². The molecule has 0 saturated heterocycles. The van der Waals surface area contributed by atoms with Gasteiger partial charge >= 0.3 is 15.5 Å². The predicted octanol–water partition coefficient (Wildman–Crippen LogP) is 6.57. The molecule has 5 nitrogen and oxygen atoms in total. The molecule has 0 saturated carbocycles. The van der Waals surface area contributed by atoms with Gasteiger partial charge in [0.05, 0.1) is 18.4 Å². The number of halogens is 3. The molecule has 4 aromatic carbocycles. The van der Waals surface area contributed by atoms with Crippen LogP contribution in [0.25, 0.3) is 22.3 Å². The Morgan fingerprint density at radius 2 is 1.47 bits per heavy atom. The molecule has 0 unspecified atom stereocenters. The van der Waals surface area contributed by atoms with Gasteiger partial charge < -0.3 is 9.84 Å². The topological polar surface area (TPSA) is 75.6 Å². The van der Waals surface area contributed by atoms with E-state index in [0.29, 0.717) is 23.3 Å². The number of benzene rings is 4. The normalized spacial score (nSPS) is 17.4. The highest BCUT2D eigenvalue weighted by Gasteiger charge is 2.46. The number of aliphatic hydroxyl groups excluding tert-OH is 1. The van der Waals surface area contributed by atoms with Crippen molar-refractivity contribution < 1.29 is 31.4 Å². The van der Waals surface area contributed by atoms with Crippen molar-refractivity contribution in [3.63, 3.8) is 0 Å². The largest absolute Gasteiger partial charge is 0.516 e. The van der Waals surface area contributed by atoms with Gasteiger partial charge in [-0.25, -0.2) is 0 Å². The van der Waals surface area contributed by atoms with Crippen LogP contribution in [0.3, 0.4) is 0 Å². The molecule has 38 heavy (non-hydrogen) atoms. The van der Waals surface area contributed by atoms with Crippen LogP contribution < -0.4 is 9.46 Å².